The molecule has 0 atom stereocenters. The van der Waals surface area contributed by atoms with Gasteiger partial charge in [-0.25, -0.2) is 13.1 Å². The van der Waals surface area contributed by atoms with E-state index in [0.717, 1.165) is 5.69 Å². The van der Waals surface area contributed by atoms with Gasteiger partial charge in [0.05, 0.1) is 21.4 Å². The van der Waals surface area contributed by atoms with Crippen LogP contribution in [0.2, 0.25) is 0 Å². The number of hydrogen-bond donors (Lipinski definition) is 1. The third-order valence-corrected chi connectivity index (χ3v) is 6.59. The van der Waals surface area contributed by atoms with E-state index in [4.69, 9.17) is 0 Å². The van der Waals surface area contributed by atoms with Gasteiger partial charge in [-0.3, -0.25) is 4.79 Å². The number of nitrogens with one attached hydrogen (secondary N) is 1. The van der Waals surface area contributed by atoms with Crippen molar-refractivity contribution in [1.82, 2.24) is 9.78 Å². The maximum Gasteiger partial charge on any atom is 0.256 e. The smallest absolute Gasteiger partial charge is 0.256 e. The van der Waals surface area contributed by atoms with Gasteiger partial charge < -0.3 is 5.32 Å². The van der Waals surface area contributed by atoms with Crippen molar-refractivity contribution < 1.29 is 13.2 Å². The van der Waals surface area contributed by atoms with Crippen LogP contribution in [-0.2, 0) is 20.8 Å². The largest absolute Gasteiger partial charge is 0.307 e. The molecule has 28 heavy (non-hydrogen) atoms. The molecule has 6 nitrogen and oxygen atoms in total. The molecular formula is C21H31N3O3S. The quantitative estimate of drug-likeness (QED) is 0.819. The Hall–Kier alpha value is -2.15. The Kier molecular flexibility index (Phi) is 5.81. The third kappa shape index (κ3) is 4.63. The lowest BCUT2D eigenvalue weighted by molar-refractivity contribution is 0.102. The zero-order valence-electron chi connectivity index (χ0n) is 18.0. The molecule has 154 valence electrons. The van der Waals surface area contributed by atoms with Gasteiger partial charge in [-0.2, -0.15) is 5.10 Å². The van der Waals surface area contributed by atoms with Gasteiger partial charge in [0.25, 0.3) is 5.91 Å². The zero-order chi connectivity index (χ0) is 21.5. The molecule has 0 unspecified atom stereocenters. The number of rotatable bonds is 4. The molecule has 0 saturated carbocycles. The first kappa shape index (κ1) is 22.1. The fraction of sp³-hybridized carbons (Fsp3) is 0.524. The molecule has 7 heteroatoms. The van der Waals surface area contributed by atoms with Gasteiger partial charge in [0.15, 0.2) is 9.84 Å². The fourth-order valence-electron chi connectivity index (χ4n) is 2.60. The predicted molar refractivity (Wildman–Crippen MR) is 113 cm³/mol. The number of amides is 1. The number of hydrogen-bond acceptors (Lipinski definition) is 4. The summed E-state index contributed by atoms with van der Waals surface area (Å²) in [6, 6.07) is 7.92. The van der Waals surface area contributed by atoms with Gasteiger partial charge in [-0.05, 0) is 58.9 Å². The standard InChI is InChI=1S/C21H31N3O3S/c1-14(2)28(26,27)16-11-9-15(10-12-16)19(25)22-18-13-17(20(3,4)5)23-24(18)21(6,7)8/h9-14H,1-8H3,(H,22,25). The molecular weight excluding hydrogens is 374 g/mol. The van der Waals surface area contributed by atoms with E-state index in [1.165, 1.54) is 24.3 Å². The third-order valence-electron chi connectivity index (χ3n) is 4.42. The number of carbonyl (C=O) groups excluding carboxylic acids is 1. The Balaban J connectivity index is 2.34. The number of aromatic nitrogens is 2. The molecule has 0 saturated heterocycles. The van der Waals surface area contributed by atoms with Crippen LogP contribution in [0.5, 0.6) is 0 Å². The van der Waals surface area contributed by atoms with E-state index >= 15 is 0 Å². The SMILES string of the molecule is CC(C)S(=O)(=O)c1ccc(C(=O)Nc2cc(C(C)(C)C)nn2C(C)(C)C)cc1. The highest BCUT2D eigenvalue weighted by atomic mass is 32.2. The summed E-state index contributed by atoms with van der Waals surface area (Å²) < 4.78 is 26.3. The Morgan fingerprint density at radius 3 is 2.00 bits per heavy atom. The maximum absolute atomic E-state index is 12.7. The highest BCUT2D eigenvalue weighted by Gasteiger charge is 2.26. The van der Waals surface area contributed by atoms with Crippen LogP contribution in [0.1, 0.15) is 71.4 Å². The molecule has 2 rings (SSSR count). The molecule has 0 aliphatic carbocycles. The van der Waals surface area contributed by atoms with Crippen molar-refractivity contribution >= 4 is 21.6 Å². The van der Waals surface area contributed by atoms with Gasteiger partial charge in [-0.1, -0.05) is 20.8 Å². The molecule has 1 aromatic heterocycles. The summed E-state index contributed by atoms with van der Waals surface area (Å²) in [5, 5.41) is 7.10. The molecule has 2 aromatic rings. The molecule has 0 bridgehead atoms. The monoisotopic (exact) mass is 405 g/mol. The topological polar surface area (TPSA) is 81.1 Å². The minimum absolute atomic E-state index is 0.150. The maximum atomic E-state index is 12.7. The van der Waals surface area contributed by atoms with Gasteiger partial charge in [-0.15, -0.1) is 0 Å². The number of sulfone groups is 1. The second-order valence-corrected chi connectivity index (χ2v) is 11.8. The van der Waals surface area contributed by atoms with Crippen LogP contribution in [0.15, 0.2) is 35.2 Å². The summed E-state index contributed by atoms with van der Waals surface area (Å²) >= 11 is 0. The average Bonchev–Trinajstić information content (AvgIpc) is 2.99. The predicted octanol–water partition coefficient (Wildman–Crippen LogP) is 4.37. The summed E-state index contributed by atoms with van der Waals surface area (Å²) in [5.74, 6) is 0.306. The Labute approximate surface area is 168 Å². The lowest BCUT2D eigenvalue weighted by Gasteiger charge is -2.23. The van der Waals surface area contributed by atoms with Crippen molar-refractivity contribution in [3.8, 4) is 0 Å². The molecule has 1 amide bonds. The minimum atomic E-state index is -3.36. The van der Waals surface area contributed by atoms with Crippen LogP contribution >= 0.6 is 0 Å². The Bertz CT molecular complexity index is 958. The molecule has 0 aliphatic rings. The summed E-state index contributed by atoms with van der Waals surface area (Å²) in [6.07, 6.45) is 0. The van der Waals surface area contributed by atoms with Crippen molar-refractivity contribution in [2.24, 2.45) is 0 Å². The minimum Gasteiger partial charge on any atom is -0.307 e. The second-order valence-electron chi connectivity index (χ2n) is 9.32. The van der Waals surface area contributed by atoms with Crippen molar-refractivity contribution in [2.45, 2.75) is 76.5 Å². The van der Waals surface area contributed by atoms with Crippen LogP contribution in [0.3, 0.4) is 0 Å². The Morgan fingerprint density at radius 1 is 1.04 bits per heavy atom. The Morgan fingerprint density at radius 2 is 1.57 bits per heavy atom. The van der Waals surface area contributed by atoms with E-state index in [9.17, 15) is 13.2 Å². The lowest BCUT2D eigenvalue weighted by atomic mass is 9.92. The number of benzene rings is 1. The molecule has 1 aromatic carbocycles. The van der Waals surface area contributed by atoms with Crippen LogP contribution in [0.25, 0.3) is 0 Å². The molecule has 0 aliphatic heterocycles. The normalized spacial score (nSPS) is 13.0. The summed E-state index contributed by atoms with van der Waals surface area (Å²) in [5.41, 5.74) is 0.821. The molecule has 1 heterocycles. The second kappa shape index (κ2) is 7.35. The molecule has 0 fully saturated rings. The van der Waals surface area contributed by atoms with Crippen LogP contribution < -0.4 is 5.32 Å². The zero-order valence-corrected chi connectivity index (χ0v) is 18.8. The highest BCUT2D eigenvalue weighted by Crippen LogP contribution is 2.28. The fourth-order valence-corrected chi connectivity index (χ4v) is 3.66. The summed E-state index contributed by atoms with van der Waals surface area (Å²) in [4.78, 5) is 13.0. The molecule has 0 radical (unpaired) electrons. The van der Waals surface area contributed by atoms with Crippen molar-refractivity contribution in [3.05, 3.63) is 41.6 Å². The highest BCUT2D eigenvalue weighted by molar-refractivity contribution is 7.92. The van der Waals surface area contributed by atoms with Crippen LogP contribution in [-0.4, -0.2) is 29.4 Å². The lowest BCUT2D eigenvalue weighted by Crippen LogP contribution is -2.27. The number of carbonyl (C=O) groups is 1. The van der Waals surface area contributed by atoms with Gasteiger partial charge in [0.1, 0.15) is 5.82 Å². The summed E-state index contributed by atoms with van der Waals surface area (Å²) in [7, 11) is -3.36. The van der Waals surface area contributed by atoms with E-state index in [2.05, 4.69) is 31.2 Å². The summed E-state index contributed by atoms with van der Waals surface area (Å²) in [6.45, 7) is 15.5. The molecule has 1 N–H and O–H groups in total. The average molecular weight is 406 g/mol. The van der Waals surface area contributed by atoms with E-state index in [1.54, 1.807) is 13.8 Å². The number of anilines is 1. The van der Waals surface area contributed by atoms with E-state index in [1.807, 2.05) is 31.5 Å². The van der Waals surface area contributed by atoms with Crippen molar-refractivity contribution in [3.63, 3.8) is 0 Å². The first-order chi connectivity index (χ1) is 12.6. The van der Waals surface area contributed by atoms with Crippen LogP contribution in [0, 0.1) is 0 Å². The van der Waals surface area contributed by atoms with E-state index in [-0.39, 0.29) is 21.8 Å². The van der Waals surface area contributed by atoms with Gasteiger partial charge >= 0.3 is 0 Å². The first-order valence-electron chi connectivity index (χ1n) is 9.40. The van der Waals surface area contributed by atoms with Gasteiger partial charge in [0, 0.05) is 17.0 Å². The van der Waals surface area contributed by atoms with Crippen LogP contribution in [0.4, 0.5) is 5.82 Å². The van der Waals surface area contributed by atoms with E-state index < -0.39 is 15.1 Å². The van der Waals surface area contributed by atoms with Crippen molar-refractivity contribution in [2.75, 3.05) is 5.32 Å². The number of nitrogens with zero attached hydrogens (tertiary/aromatic N) is 2. The molecule has 0 spiro atoms. The van der Waals surface area contributed by atoms with Gasteiger partial charge in [0.2, 0.25) is 0 Å². The first-order valence-corrected chi connectivity index (χ1v) is 10.9. The van der Waals surface area contributed by atoms with E-state index in [0.29, 0.717) is 11.4 Å². The van der Waals surface area contributed by atoms with Crippen molar-refractivity contribution in [1.29, 1.82) is 0 Å².